The van der Waals surface area contributed by atoms with Crippen molar-refractivity contribution in [1.82, 2.24) is 4.72 Å². The molecule has 1 aromatic carbocycles. The van der Waals surface area contributed by atoms with E-state index in [4.69, 9.17) is 0 Å². The third kappa shape index (κ3) is 4.32. The fourth-order valence-electron chi connectivity index (χ4n) is 1.61. The Kier molecular flexibility index (Phi) is 4.90. The molecule has 0 fully saturated rings. The second-order valence-electron chi connectivity index (χ2n) is 4.08. The van der Waals surface area contributed by atoms with Crippen LogP contribution in [0.5, 0.6) is 0 Å². The highest BCUT2D eigenvalue weighted by atomic mass is 32.2. The van der Waals surface area contributed by atoms with Crippen molar-refractivity contribution in [2.24, 2.45) is 0 Å². The zero-order valence-electron chi connectivity index (χ0n) is 10.5. The number of allylic oxidation sites excluding steroid dienone is 1. The average molecular weight is 253 g/mol. The number of hydrogen-bond donors (Lipinski definition) is 1. The zero-order valence-corrected chi connectivity index (χ0v) is 11.3. The van der Waals surface area contributed by atoms with Gasteiger partial charge in [0.1, 0.15) is 0 Å². The Labute approximate surface area is 104 Å². The Morgan fingerprint density at radius 2 is 1.76 bits per heavy atom. The van der Waals surface area contributed by atoms with Crippen LogP contribution in [0.3, 0.4) is 0 Å². The monoisotopic (exact) mass is 253 g/mol. The lowest BCUT2D eigenvalue weighted by Gasteiger charge is -2.07. The topological polar surface area (TPSA) is 46.2 Å². The van der Waals surface area contributed by atoms with Crippen molar-refractivity contribution in [1.29, 1.82) is 0 Å². The van der Waals surface area contributed by atoms with Crippen LogP contribution in [0.25, 0.3) is 0 Å². The van der Waals surface area contributed by atoms with Crippen LogP contribution in [0.4, 0.5) is 0 Å². The van der Waals surface area contributed by atoms with E-state index < -0.39 is 10.0 Å². The van der Waals surface area contributed by atoms with Gasteiger partial charge in [-0.15, -0.1) is 0 Å². The van der Waals surface area contributed by atoms with Gasteiger partial charge >= 0.3 is 0 Å². The molecule has 1 rings (SSSR count). The molecule has 4 heteroatoms. The average Bonchev–Trinajstić information content (AvgIpc) is 2.23. The molecule has 0 aliphatic rings. The Morgan fingerprint density at radius 3 is 2.29 bits per heavy atom. The molecular formula is C13H19NO2S. The Balaban J connectivity index is 2.82. The van der Waals surface area contributed by atoms with E-state index in [1.807, 2.05) is 39.0 Å². The summed E-state index contributed by atoms with van der Waals surface area (Å²) in [4.78, 5) is 0.343. The maximum Gasteiger partial charge on any atom is 0.240 e. The molecular weight excluding hydrogens is 234 g/mol. The maximum absolute atomic E-state index is 12.0. The molecule has 1 N–H and O–H groups in total. The van der Waals surface area contributed by atoms with E-state index in [2.05, 4.69) is 4.72 Å². The van der Waals surface area contributed by atoms with Crippen LogP contribution >= 0.6 is 0 Å². The van der Waals surface area contributed by atoms with Gasteiger partial charge in [0.15, 0.2) is 0 Å². The molecule has 3 nitrogen and oxygen atoms in total. The molecule has 0 saturated heterocycles. The fourth-order valence-corrected chi connectivity index (χ4v) is 2.85. The van der Waals surface area contributed by atoms with Gasteiger partial charge in [0, 0.05) is 6.54 Å². The van der Waals surface area contributed by atoms with Crippen LogP contribution in [-0.4, -0.2) is 15.0 Å². The van der Waals surface area contributed by atoms with Gasteiger partial charge in [0.2, 0.25) is 10.0 Å². The van der Waals surface area contributed by atoms with Crippen LogP contribution in [0.15, 0.2) is 35.2 Å². The second kappa shape index (κ2) is 5.98. The molecule has 0 bridgehead atoms. The van der Waals surface area contributed by atoms with Crippen LogP contribution < -0.4 is 4.72 Å². The van der Waals surface area contributed by atoms with Crippen molar-refractivity contribution in [3.05, 3.63) is 41.5 Å². The molecule has 0 atom stereocenters. The molecule has 1 aromatic rings. The van der Waals surface area contributed by atoms with Crippen molar-refractivity contribution in [3.8, 4) is 0 Å². The van der Waals surface area contributed by atoms with Gasteiger partial charge < -0.3 is 0 Å². The first kappa shape index (κ1) is 13.9. The number of sulfonamides is 1. The quantitative estimate of drug-likeness (QED) is 0.647. The van der Waals surface area contributed by atoms with Gasteiger partial charge in [-0.25, -0.2) is 13.1 Å². The lowest BCUT2D eigenvalue weighted by molar-refractivity contribution is 0.582. The Bertz CT molecular complexity index is 484. The van der Waals surface area contributed by atoms with Crippen LogP contribution in [-0.2, 0) is 10.0 Å². The fraction of sp³-hybridized carbons (Fsp3) is 0.385. The number of nitrogens with one attached hydrogen (secondary N) is 1. The molecule has 94 valence electrons. The molecule has 0 aliphatic heterocycles. The lowest BCUT2D eigenvalue weighted by atomic mass is 10.2. The van der Waals surface area contributed by atoms with E-state index in [9.17, 15) is 8.42 Å². The summed E-state index contributed by atoms with van der Waals surface area (Å²) in [6.07, 6.45) is 4.55. The predicted molar refractivity (Wildman–Crippen MR) is 70.5 cm³/mol. The highest BCUT2D eigenvalue weighted by Gasteiger charge is 2.13. The first-order valence-corrected chi connectivity index (χ1v) is 7.13. The zero-order chi connectivity index (χ0) is 12.9. The smallest absolute Gasteiger partial charge is 0.211 e. The third-order valence-electron chi connectivity index (χ3n) is 2.34. The van der Waals surface area contributed by atoms with E-state index >= 15 is 0 Å². The number of aryl methyl sites for hydroxylation is 2. The molecule has 0 unspecified atom stereocenters. The highest BCUT2D eigenvalue weighted by Crippen LogP contribution is 2.14. The standard InChI is InChI=1S/C13H19NO2S/c1-4-5-6-7-14-17(15,16)13-9-11(2)8-12(3)10-13/h4-5,8-10,14H,6-7H2,1-3H3/b5-4+. The van der Waals surface area contributed by atoms with Crippen molar-refractivity contribution < 1.29 is 8.42 Å². The minimum atomic E-state index is -3.37. The van der Waals surface area contributed by atoms with Gasteiger partial charge in [-0.1, -0.05) is 18.2 Å². The van der Waals surface area contributed by atoms with Crippen LogP contribution in [0.1, 0.15) is 24.5 Å². The van der Waals surface area contributed by atoms with Gasteiger partial charge in [0.25, 0.3) is 0 Å². The lowest BCUT2D eigenvalue weighted by Crippen LogP contribution is -2.24. The second-order valence-corrected chi connectivity index (χ2v) is 5.85. The molecule has 0 aliphatic carbocycles. The third-order valence-corrected chi connectivity index (χ3v) is 3.78. The molecule has 0 heterocycles. The molecule has 0 spiro atoms. The maximum atomic E-state index is 12.0. The van der Waals surface area contributed by atoms with Gasteiger partial charge in [-0.2, -0.15) is 0 Å². The molecule has 0 saturated carbocycles. The first-order valence-electron chi connectivity index (χ1n) is 5.65. The molecule has 17 heavy (non-hydrogen) atoms. The summed E-state index contributed by atoms with van der Waals surface area (Å²) < 4.78 is 26.5. The Morgan fingerprint density at radius 1 is 1.18 bits per heavy atom. The van der Waals surface area contributed by atoms with Crippen LogP contribution in [0, 0.1) is 13.8 Å². The van der Waals surface area contributed by atoms with E-state index in [0.717, 1.165) is 11.1 Å². The van der Waals surface area contributed by atoms with E-state index in [0.29, 0.717) is 17.9 Å². The number of hydrogen-bond acceptors (Lipinski definition) is 2. The van der Waals surface area contributed by atoms with Crippen molar-refractivity contribution >= 4 is 10.0 Å². The minimum absolute atomic E-state index is 0.343. The predicted octanol–water partition coefficient (Wildman–Crippen LogP) is 2.55. The molecule has 0 radical (unpaired) electrons. The summed E-state index contributed by atoms with van der Waals surface area (Å²) >= 11 is 0. The van der Waals surface area contributed by atoms with Crippen LogP contribution in [0.2, 0.25) is 0 Å². The van der Waals surface area contributed by atoms with Gasteiger partial charge in [0.05, 0.1) is 4.90 Å². The Hall–Kier alpha value is -1.13. The number of rotatable bonds is 5. The van der Waals surface area contributed by atoms with E-state index in [1.54, 1.807) is 12.1 Å². The number of benzene rings is 1. The SMILES string of the molecule is C/C=C/CCNS(=O)(=O)c1cc(C)cc(C)c1. The first-order chi connectivity index (χ1) is 7.95. The summed E-state index contributed by atoms with van der Waals surface area (Å²) in [6.45, 7) is 6.13. The van der Waals surface area contributed by atoms with Gasteiger partial charge in [-0.3, -0.25) is 0 Å². The summed E-state index contributed by atoms with van der Waals surface area (Å²) in [5.41, 5.74) is 1.91. The largest absolute Gasteiger partial charge is 0.240 e. The summed E-state index contributed by atoms with van der Waals surface area (Å²) in [5.74, 6) is 0. The highest BCUT2D eigenvalue weighted by molar-refractivity contribution is 7.89. The van der Waals surface area contributed by atoms with Crippen molar-refractivity contribution in [2.75, 3.05) is 6.54 Å². The van der Waals surface area contributed by atoms with Gasteiger partial charge in [-0.05, 0) is 50.5 Å². The molecule has 0 aromatic heterocycles. The summed E-state index contributed by atoms with van der Waals surface area (Å²) in [5, 5.41) is 0. The minimum Gasteiger partial charge on any atom is -0.211 e. The van der Waals surface area contributed by atoms with E-state index in [-0.39, 0.29) is 0 Å². The molecule has 0 amide bonds. The van der Waals surface area contributed by atoms with E-state index in [1.165, 1.54) is 0 Å². The summed E-state index contributed by atoms with van der Waals surface area (Å²) in [6, 6.07) is 5.33. The van der Waals surface area contributed by atoms with Crippen molar-refractivity contribution in [2.45, 2.75) is 32.1 Å². The normalized spacial score (nSPS) is 12.2. The summed E-state index contributed by atoms with van der Waals surface area (Å²) in [7, 11) is -3.37. The van der Waals surface area contributed by atoms with Crippen molar-refractivity contribution in [3.63, 3.8) is 0 Å².